The minimum Gasteiger partial charge on any atom is -0.394 e. The molecular weight excluding hydrogens is 306 g/mol. The van der Waals surface area contributed by atoms with Crippen LogP contribution >= 0.6 is 0 Å². The van der Waals surface area contributed by atoms with E-state index in [1.807, 2.05) is 46.5 Å². The van der Waals surface area contributed by atoms with Crippen LogP contribution in [0.3, 0.4) is 0 Å². The van der Waals surface area contributed by atoms with Crippen molar-refractivity contribution >= 4 is 11.4 Å². The van der Waals surface area contributed by atoms with Crippen molar-refractivity contribution in [3.05, 3.63) is 42.6 Å². The number of aliphatic hydroxyl groups excluding tert-OH is 1. The normalized spacial score (nSPS) is 11.8. The molecule has 2 N–H and O–H groups in total. The molecule has 3 heterocycles. The quantitative estimate of drug-likeness (QED) is 0.747. The Morgan fingerprint density at radius 1 is 1.38 bits per heavy atom. The van der Waals surface area contributed by atoms with Gasteiger partial charge in [0.2, 0.25) is 0 Å². The summed E-state index contributed by atoms with van der Waals surface area (Å²) in [6, 6.07) is 5.59. The molecule has 0 aliphatic carbocycles. The van der Waals surface area contributed by atoms with Crippen LogP contribution in [0.1, 0.15) is 31.3 Å². The number of fused-ring (bicyclic) bond motifs is 1. The van der Waals surface area contributed by atoms with Gasteiger partial charge in [0.1, 0.15) is 5.69 Å². The first-order valence-corrected chi connectivity index (χ1v) is 7.88. The Balaban J connectivity index is 2.08. The number of aromatic nitrogens is 4. The number of hydrogen-bond acceptors (Lipinski definition) is 4. The van der Waals surface area contributed by atoms with Gasteiger partial charge in [-0.3, -0.25) is 9.20 Å². The number of hydrogen-bond donors (Lipinski definition) is 2. The Labute approximate surface area is 140 Å². The maximum atomic E-state index is 12.6. The summed E-state index contributed by atoms with van der Waals surface area (Å²) in [6.45, 7) is 6.21. The summed E-state index contributed by atoms with van der Waals surface area (Å²) in [5.74, 6) is 0.295. The van der Waals surface area contributed by atoms with E-state index in [2.05, 4.69) is 15.3 Å². The Morgan fingerprint density at radius 2 is 2.17 bits per heavy atom. The van der Waals surface area contributed by atoms with Gasteiger partial charge in [-0.1, -0.05) is 6.07 Å². The largest absolute Gasteiger partial charge is 0.394 e. The third-order valence-electron chi connectivity index (χ3n) is 3.84. The van der Waals surface area contributed by atoms with E-state index < -0.39 is 5.54 Å². The summed E-state index contributed by atoms with van der Waals surface area (Å²) in [4.78, 5) is 21.5. The van der Waals surface area contributed by atoms with Crippen LogP contribution in [0.15, 0.2) is 36.9 Å². The van der Waals surface area contributed by atoms with Crippen molar-refractivity contribution in [2.75, 3.05) is 6.61 Å². The van der Waals surface area contributed by atoms with Crippen LogP contribution in [-0.2, 0) is 6.54 Å². The molecule has 7 heteroatoms. The average Bonchev–Trinajstić information content (AvgIpc) is 3.18. The highest BCUT2D eigenvalue weighted by Crippen LogP contribution is 2.22. The smallest absolute Gasteiger partial charge is 0.272 e. The standard InChI is InChI=1S/C17H21N5O2/c1-4-21-9-12(18-11-21)15-19-14(13-7-5-6-8-22(13)15)16(24)20-17(2,3)10-23/h5-9,11,23H,4,10H2,1-3H3,(H,20,24). The minimum absolute atomic E-state index is 0.154. The van der Waals surface area contributed by atoms with E-state index in [4.69, 9.17) is 0 Å². The van der Waals surface area contributed by atoms with Crippen molar-refractivity contribution < 1.29 is 9.90 Å². The highest BCUT2D eigenvalue weighted by atomic mass is 16.3. The summed E-state index contributed by atoms with van der Waals surface area (Å²) < 4.78 is 3.80. The number of carbonyl (C=O) groups is 1. The first-order valence-electron chi connectivity index (χ1n) is 7.88. The van der Waals surface area contributed by atoms with Gasteiger partial charge >= 0.3 is 0 Å². The van der Waals surface area contributed by atoms with E-state index in [9.17, 15) is 9.90 Å². The number of nitrogens with one attached hydrogen (secondary N) is 1. The number of aliphatic hydroxyl groups is 1. The summed E-state index contributed by atoms with van der Waals surface area (Å²) in [5.41, 5.74) is 1.01. The molecule has 7 nitrogen and oxygen atoms in total. The van der Waals surface area contributed by atoms with Gasteiger partial charge in [0.15, 0.2) is 11.5 Å². The zero-order chi connectivity index (χ0) is 17.3. The Hall–Kier alpha value is -2.67. The van der Waals surface area contributed by atoms with E-state index in [1.54, 1.807) is 20.2 Å². The van der Waals surface area contributed by atoms with Gasteiger partial charge in [0.05, 0.1) is 24.0 Å². The molecule has 0 atom stereocenters. The maximum absolute atomic E-state index is 12.6. The van der Waals surface area contributed by atoms with Crippen LogP contribution in [0, 0.1) is 0 Å². The van der Waals surface area contributed by atoms with Crippen LogP contribution in [0.2, 0.25) is 0 Å². The molecule has 0 saturated heterocycles. The molecule has 0 aliphatic heterocycles. The molecule has 3 aromatic heterocycles. The lowest BCUT2D eigenvalue weighted by atomic mass is 10.1. The number of carbonyl (C=O) groups excluding carboxylic acids is 1. The Morgan fingerprint density at radius 3 is 2.83 bits per heavy atom. The lowest BCUT2D eigenvalue weighted by molar-refractivity contribution is 0.0866. The molecule has 0 bridgehead atoms. The minimum atomic E-state index is -0.717. The average molecular weight is 327 g/mol. The second-order valence-corrected chi connectivity index (χ2v) is 6.33. The van der Waals surface area contributed by atoms with Crippen molar-refractivity contribution in [3.63, 3.8) is 0 Å². The molecule has 0 saturated carbocycles. The summed E-state index contributed by atoms with van der Waals surface area (Å²) in [7, 11) is 0. The van der Waals surface area contributed by atoms with Gasteiger partial charge < -0.3 is 15.0 Å². The highest BCUT2D eigenvalue weighted by Gasteiger charge is 2.24. The van der Waals surface area contributed by atoms with E-state index in [0.29, 0.717) is 22.7 Å². The van der Waals surface area contributed by atoms with E-state index >= 15 is 0 Å². The molecule has 0 radical (unpaired) electrons. The number of imidazole rings is 2. The molecule has 0 unspecified atom stereocenters. The van der Waals surface area contributed by atoms with Gasteiger partial charge in [0, 0.05) is 18.9 Å². The van der Waals surface area contributed by atoms with E-state index in [1.165, 1.54) is 0 Å². The van der Waals surface area contributed by atoms with Crippen LogP contribution in [0.5, 0.6) is 0 Å². The highest BCUT2D eigenvalue weighted by molar-refractivity contribution is 6.00. The van der Waals surface area contributed by atoms with Gasteiger partial charge in [-0.2, -0.15) is 0 Å². The molecule has 0 aliphatic rings. The number of nitrogens with zero attached hydrogens (tertiary/aromatic N) is 4. The maximum Gasteiger partial charge on any atom is 0.272 e. The van der Waals surface area contributed by atoms with Crippen molar-refractivity contribution in [1.82, 2.24) is 24.3 Å². The fourth-order valence-corrected chi connectivity index (χ4v) is 2.44. The Bertz CT molecular complexity index is 878. The first kappa shape index (κ1) is 16.2. The number of pyridine rings is 1. The molecule has 24 heavy (non-hydrogen) atoms. The lowest BCUT2D eigenvalue weighted by Gasteiger charge is -2.22. The van der Waals surface area contributed by atoms with Crippen molar-refractivity contribution in [3.8, 4) is 11.5 Å². The summed E-state index contributed by atoms with van der Waals surface area (Å²) >= 11 is 0. The van der Waals surface area contributed by atoms with Gasteiger partial charge in [-0.15, -0.1) is 0 Å². The third kappa shape index (κ3) is 2.90. The fraction of sp³-hybridized carbons (Fsp3) is 0.353. The monoisotopic (exact) mass is 327 g/mol. The predicted molar refractivity (Wildman–Crippen MR) is 90.7 cm³/mol. The summed E-state index contributed by atoms with van der Waals surface area (Å²) in [6.07, 6.45) is 5.51. The molecule has 0 aromatic carbocycles. The molecule has 0 fully saturated rings. The number of rotatable bonds is 5. The molecule has 1 amide bonds. The van der Waals surface area contributed by atoms with E-state index in [-0.39, 0.29) is 12.5 Å². The third-order valence-corrected chi connectivity index (χ3v) is 3.84. The topological polar surface area (TPSA) is 84.5 Å². The first-order chi connectivity index (χ1) is 11.4. The second kappa shape index (κ2) is 6.09. The number of aryl methyl sites for hydroxylation is 1. The fourth-order valence-electron chi connectivity index (χ4n) is 2.44. The molecule has 126 valence electrons. The van der Waals surface area contributed by atoms with Crippen LogP contribution < -0.4 is 5.32 Å². The molecule has 3 aromatic rings. The van der Waals surface area contributed by atoms with Gasteiger partial charge in [0.25, 0.3) is 5.91 Å². The van der Waals surface area contributed by atoms with Crippen molar-refractivity contribution in [2.24, 2.45) is 0 Å². The molecule has 0 spiro atoms. The second-order valence-electron chi connectivity index (χ2n) is 6.33. The predicted octanol–water partition coefficient (Wildman–Crippen LogP) is 1.72. The van der Waals surface area contributed by atoms with E-state index in [0.717, 1.165) is 6.54 Å². The zero-order valence-electron chi connectivity index (χ0n) is 14.0. The van der Waals surface area contributed by atoms with Crippen LogP contribution in [0.4, 0.5) is 0 Å². The zero-order valence-corrected chi connectivity index (χ0v) is 14.0. The number of amides is 1. The SMILES string of the molecule is CCn1cnc(-c2nc(C(=O)NC(C)(C)CO)c3ccccn23)c1. The molecular formula is C17H21N5O2. The molecule has 3 rings (SSSR count). The van der Waals surface area contributed by atoms with Gasteiger partial charge in [-0.25, -0.2) is 9.97 Å². The lowest BCUT2D eigenvalue weighted by Crippen LogP contribution is -2.46. The van der Waals surface area contributed by atoms with Crippen molar-refractivity contribution in [2.45, 2.75) is 32.9 Å². The van der Waals surface area contributed by atoms with Crippen molar-refractivity contribution in [1.29, 1.82) is 0 Å². The summed E-state index contributed by atoms with van der Waals surface area (Å²) in [5, 5.41) is 12.2. The van der Waals surface area contributed by atoms with Crippen LogP contribution in [0.25, 0.3) is 17.0 Å². The van der Waals surface area contributed by atoms with Crippen LogP contribution in [-0.4, -0.2) is 42.1 Å². The Kier molecular flexibility index (Phi) is 4.11. The van der Waals surface area contributed by atoms with Gasteiger partial charge in [-0.05, 0) is 32.9 Å².